The van der Waals surface area contributed by atoms with Crippen LogP contribution in [0.2, 0.25) is 0 Å². The van der Waals surface area contributed by atoms with Crippen molar-refractivity contribution in [1.29, 1.82) is 0 Å². The lowest BCUT2D eigenvalue weighted by molar-refractivity contribution is 0.413. The van der Waals surface area contributed by atoms with E-state index in [0.717, 1.165) is 44.7 Å². The maximum Gasteiger partial charge on any atom is 0.283 e. The first kappa shape index (κ1) is 14.1. The maximum atomic E-state index is 12.3. The van der Waals surface area contributed by atoms with Crippen molar-refractivity contribution in [2.24, 2.45) is 17.6 Å². The van der Waals surface area contributed by atoms with Crippen molar-refractivity contribution >= 4 is 21.6 Å². The third-order valence-electron chi connectivity index (χ3n) is 4.38. The number of anilines is 1. The van der Waals surface area contributed by atoms with E-state index >= 15 is 0 Å². The third kappa shape index (κ3) is 2.91. The quantitative estimate of drug-likeness (QED) is 0.903. The molecule has 1 aliphatic carbocycles. The van der Waals surface area contributed by atoms with Gasteiger partial charge in [-0.05, 0) is 60.0 Å². The Balaban J connectivity index is 1.76. The highest BCUT2D eigenvalue weighted by Crippen LogP contribution is 2.31. The zero-order valence-corrected chi connectivity index (χ0v) is 13.2. The molecule has 2 aliphatic rings. The summed E-state index contributed by atoms with van der Waals surface area (Å²) in [7, 11) is 0. The van der Waals surface area contributed by atoms with Crippen LogP contribution in [0.4, 0.5) is 5.69 Å². The average molecular weight is 341 g/mol. The largest absolute Gasteiger partial charge is 0.369 e. The summed E-state index contributed by atoms with van der Waals surface area (Å²) in [5, 5.41) is 4.34. The van der Waals surface area contributed by atoms with Crippen LogP contribution in [-0.4, -0.2) is 29.4 Å². The molecule has 0 radical (unpaired) electrons. The second-order valence-electron chi connectivity index (χ2n) is 5.94. The molecule has 0 aromatic carbocycles. The van der Waals surface area contributed by atoms with Gasteiger partial charge in [0.05, 0.1) is 11.9 Å². The topological polar surface area (TPSA) is 64.2 Å². The highest BCUT2D eigenvalue weighted by atomic mass is 79.9. The molecule has 1 aromatic rings. The first-order valence-electron chi connectivity index (χ1n) is 7.39. The summed E-state index contributed by atoms with van der Waals surface area (Å²) in [6, 6.07) is 0. The van der Waals surface area contributed by atoms with Gasteiger partial charge in [0.1, 0.15) is 4.47 Å². The summed E-state index contributed by atoms with van der Waals surface area (Å²) < 4.78 is 2.25. The first-order valence-corrected chi connectivity index (χ1v) is 8.19. The molecule has 1 saturated heterocycles. The van der Waals surface area contributed by atoms with Crippen LogP contribution in [-0.2, 0) is 6.54 Å². The number of halogens is 1. The number of hydrogen-bond donors (Lipinski definition) is 1. The van der Waals surface area contributed by atoms with Crippen LogP contribution in [0.5, 0.6) is 0 Å². The number of hydrogen-bond acceptors (Lipinski definition) is 4. The van der Waals surface area contributed by atoms with E-state index in [1.807, 2.05) is 6.20 Å². The van der Waals surface area contributed by atoms with Crippen molar-refractivity contribution in [3.05, 3.63) is 21.0 Å². The minimum Gasteiger partial charge on any atom is -0.369 e. The van der Waals surface area contributed by atoms with Crippen molar-refractivity contribution in [1.82, 2.24) is 9.78 Å². The predicted molar refractivity (Wildman–Crippen MR) is 82.9 cm³/mol. The Kier molecular flexibility index (Phi) is 4.12. The van der Waals surface area contributed by atoms with Gasteiger partial charge in [0.2, 0.25) is 0 Å². The highest BCUT2D eigenvalue weighted by Gasteiger charge is 2.25. The van der Waals surface area contributed by atoms with Gasteiger partial charge in [-0.3, -0.25) is 4.79 Å². The summed E-state index contributed by atoms with van der Waals surface area (Å²) in [6.45, 7) is 3.42. The number of aromatic nitrogens is 2. The van der Waals surface area contributed by atoms with E-state index in [-0.39, 0.29) is 5.56 Å². The van der Waals surface area contributed by atoms with E-state index in [1.54, 1.807) is 4.68 Å². The van der Waals surface area contributed by atoms with Crippen LogP contribution in [0.25, 0.3) is 0 Å². The molecule has 1 saturated carbocycles. The molecule has 5 nitrogen and oxygen atoms in total. The molecule has 2 N–H and O–H groups in total. The Hall–Kier alpha value is -0.880. The fourth-order valence-electron chi connectivity index (χ4n) is 2.76. The molecule has 110 valence electrons. The van der Waals surface area contributed by atoms with E-state index in [4.69, 9.17) is 5.73 Å². The zero-order chi connectivity index (χ0) is 14.1. The Bertz CT molecular complexity index is 532. The second kappa shape index (κ2) is 5.85. The van der Waals surface area contributed by atoms with Crippen molar-refractivity contribution in [2.45, 2.75) is 32.2 Å². The lowest BCUT2D eigenvalue weighted by atomic mass is 9.97. The first-order chi connectivity index (χ1) is 9.69. The average Bonchev–Trinajstić information content (AvgIpc) is 3.28. The molecule has 0 bridgehead atoms. The highest BCUT2D eigenvalue weighted by molar-refractivity contribution is 9.10. The molecular weight excluding hydrogens is 320 g/mol. The van der Waals surface area contributed by atoms with E-state index in [1.165, 1.54) is 12.8 Å². The maximum absolute atomic E-state index is 12.3. The van der Waals surface area contributed by atoms with Crippen LogP contribution in [0.15, 0.2) is 15.5 Å². The molecule has 2 fully saturated rings. The Labute approximate surface area is 127 Å². The Morgan fingerprint density at radius 2 is 1.95 bits per heavy atom. The normalized spacial score (nSPS) is 20.4. The number of rotatable bonds is 4. The van der Waals surface area contributed by atoms with E-state index < -0.39 is 0 Å². The minimum absolute atomic E-state index is 0.00431. The number of nitrogens with zero attached hydrogens (tertiary/aromatic N) is 3. The van der Waals surface area contributed by atoms with Crippen LogP contribution >= 0.6 is 15.9 Å². The Morgan fingerprint density at radius 3 is 2.55 bits per heavy atom. The molecule has 2 heterocycles. The molecular formula is C14H21BrN4O. The number of nitrogens with two attached hydrogens (primary N) is 1. The third-order valence-corrected chi connectivity index (χ3v) is 5.13. The number of piperidine rings is 1. The van der Waals surface area contributed by atoms with Gasteiger partial charge in [0.25, 0.3) is 5.56 Å². The summed E-state index contributed by atoms with van der Waals surface area (Å²) >= 11 is 3.47. The van der Waals surface area contributed by atoms with Crippen molar-refractivity contribution in [3.63, 3.8) is 0 Å². The van der Waals surface area contributed by atoms with Crippen LogP contribution in [0.3, 0.4) is 0 Å². The van der Waals surface area contributed by atoms with Gasteiger partial charge in [-0.25, -0.2) is 4.68 Å². The van der Waals surface area contributed by atoms with Gasteiger partial charge in [0.15, 0.2) is 0 Å². The summed E-state index contributed by atoms with van der Waals surface area (Å²) in [6.07, 6.45) is 6.46. The molecule has 6 heteroatoms. The van der Waals surface area contributed by atoms with Crippen LogP contribution in [0, 0.1) is 11.8 Å². The molecule has 0 amide bonds. The summed E-state index contributed by atoms with van der Waals surface area (Å²) in [5.74, 6) is 1.27. The summed E-state index contributed by atoms with van der Waals surface area (Å²) in [4.78, 5) is 14.6. The van der Waals surface area contributed by atoms with E-state index in [0.29, 0.717) is 16.3 Å². The summed E-state index contributed by atoms with van der Waals surface area (Å²) in [5.41, 5.74) is 6.64. The predicted octanol–water partition coefficient (Wildman–Crippen LogP) is 1.59. The van der Waals surface area contributed by atoms with Gasteiger partial charge in [-0.1, -0.05) is 0 Å². The van der Waals surface area contributed by atoms with E-state index in [9.17, 15) is 4.79 Å². The fourth-order valence-corrected chi connectivity index (χ4v) is 3.32. The zero-order valence-electron chi connectivity index (χ0n) is 11.6. The van der Waals surface area contributed by atoms with Gasteiger partial charge in [0, 0.05) is 19.6 Å². The lowest BCUT2D eigenvalue weighted by Crippen LogP contribution is -2.37. The molecule has 20 heavy (non-hydrogen) atoms. The smallest absolute Gasteiger partial charge is 0.283 e. The second-order valence-corrected chi connectivity index (χ2v) is 6.73. The molecule has 1 aliphatic heterocycles. The molecule has 0 atom stereocenters. The van der Waals surface area contributed by atoms with Gasteiger partial charge >= 0.3 is 0 Å². The van der Waals surface area contributed by atoms with E-state index in [2.05, 4.69) is 25.9 Å². The molecule has 1 aromatic heterocycles. The van der Waals surface area contributed by atoms with Crippen molar-refractivity contribution in [3.8, 4) is 0 Å². The molecule has 0 spiro atoms. The minimum atomic E-state index is -0.00431. The fraction of sp³-hybridized carbons (Fsp3) is 0.714. The Morgan fingerprint density at radius 1 is 1.25 bits per heavy atom. The SMILES string of the molecule is NCC1CCN(c2cnn(CC3CC3)c(=O)c2Br)CC1. The van der Waals surface area contributed by atoms with Crippen molar-refractivity contribution in [2.75, 3.05) is 24.5 Å². The van der Waals surface area contributed by atoms with Crippen molar-refractivity contribution < 1.29 is 0 Å². The van der Waals surface area contributed by atoms with Crippen LogP contribution < -0.4 is 16.2 Å². The lowest BCUT2D eigenvalue weighted by Gasteiger charge is -2.33. The standard InChI is InChI=1S/C14H21BrN4O/c15-13-12(18-5-3-10(7-16)4-6-18)8-17-19(14(13)20)9-11-1-2-11/h8,10-11H,1-7,9,16H2. The monoisotopic (exact) mass is 340 g/mol. The molecule has 0 unspecified atom stereocenters. The molecule has 3 rings (SSSR count). The van der Waals surface area contributed by atoms with Gasteiger partial charge in [-0.15, -0.1) is 0 Å². The van der Waals surface area contributed by atoms with Gasteiger partial charge in [-0.2, -0.15) is 5.10 Å². The van der Waals surface area contributed by atoms with Gasteiger partial charge < -0.3 is 10.6 Å². The van der Waals surface area contributed by atoms with Crippen LogP contribution in [0.1, 0.15) is 25.7 Å².